The van der Waals surface area contributed by atoms with Crippen LogP contribution in [0.3, 0.4) is 0 Å². The van der Waals surface area contributed by atoms with Gasteiger partial charge in [0, 0.05) is 0 Å². The first-order valence-electron chi connectivity index (χ1n) is 5.58. The van der Waals surface area contributed by atoms with Crippen LogP contribution >= 0.6 is 0 Å². The van der Waals surface area contributed by atoms with Gasteiger partial charge in [0.05, 0.1) is 7.11 Å². The molecule has 0 radical (unpaired) electrons. The molecule has 0 unspecified atom stereocenters. The van der Waals surface area contributed by atoms with Gasteiger partial charge in [0.15, 0.2) is 0 Å². The highest BCUT2D eigenvalue weighted by Gasteiger charge is 2.03. The fourth-order valence-corrected chi connectivity index (χ4v) is 1.74. The summed E-state index contributed by atoms with van der Waals surface area (Å²) in [5, 5.41) is 0. The quantitative estimate of drug-likeness (QED) is 0.655. The van der Waals surface area contributed by atoms with Gasteiger partial charge in [0.2, 0.25) is 0 Å². The van der Waals surface area contributed by atoms with Crippen LogP contribution in [0.25, 0.3) is 0 Å². The summed E-state index contributed by atoms with van der Waals surface area (Å²) in [5.41, 5.74) is 3.73. The Morgan fingerprint density at radius 1 is 1.44 bits per heavy atom. The Morgan fingerprint density at radius 3 is 2.75 bits per heavy atom. The van der Waals surface area contributed by atoms with Crippen LogP contribution in [0.1, 0.15) is 24.5 Å². The zero-order valence-electron chi connectivity index (χ0n) is 10.3. The summed E-state index contributed by atoms with van der Waals surface area (Å²) in [6.45, 7) is 9.73. The number of ether oxygens (including phenoxy) is 1. The number of methoxy groups -OCH3 is 1. The van der Waals surface area contributed by atoms with Crippen molar-refractivity contribution in [2.75, 3.05) is 7.11 Å². The van der Waals surface area contributed by atoms with E-state index in [2.05, 4.69) is 25.3 Å². The Bertz CT molecular complexity index is 377. The highest BCUT2D eigenvalue weighted by Crippen LogP contribution is 2.22. The van der Waals surface area contributed by atoms with Crippen LogP contribution in [0.4, 0.5) is 0 Å². The zero-order chi connectivity index (χ0) is 12.0. The lowest BCUT2D eigenvalue weighted by Gasteiger charge is -2.10. The SMILES string of the molecule is C=CCCc1cc(CC(=C)C)ccc1OC. The van der Waals surface area contributed by atoms with Crippen LogP contribution in [0, 0.1) is 0 Å². The van der Waals surface area contributed by atoms with Gasteiger partial charge in [-0.1, -0.05) is 30.4 Å². The van der Waals surface area contributed by atoms with Crippen molar-refractivity contribution in [3.8, 4) is 5.75 Å². The van der Waals surface area contributed by atoms with Crippen molar-refractivity contribution in [2.24, 2.45) is 0 Å². The molecule has 16 heavy (non-hydrogen) atoms. The summed E-state index contributed by atoms with van der Waals surface area (Å²) >= 11 is 0. The van der Waals surface area contributed by atoms with E-state index >= 15 is 0 Å². The molecule has 0 saturated heterocycles. The molecule has 1 rings (SSSR count). The van der Waals surface area contributed by atoms with Crippen molar-refractivity contribution in [3.05, 3.63) is 54.1 Å². The van der Waals surface area contributed by atoms with E-state index in [4.69, 9.17) is 4.74 Å². The van der Waals surface area contributed by atoms with Crippen molar-refractivity contribution in [1.29, 1.82) is 0 Å². The van der Waals surface area contributed by atoms with E-state index < -0.39 is 0 Å². The third-order valence-electron chi connectivity index (χ3n) is 2.47. The lowest BCUT2D eigenvalue weighted by atomic mass is 10.0. The lowest BCUT2D eigenvalue weighted by Crippen LogP contribution is -1.95. The second kappa shape index (κ2) is 6.16. The van der Waals surface area contributed by atoms with E-state index in [1.807, 2.05) is 19.1 Å². The third-order valence-corrected chi connectivity index (χ3v) is 2.47. The zero-order valence-corrected chi connectivity index (χ0v) is 10.3. The van der Waals surface area contributed by atoms with E-state index in [1.165, 1.54) is 16.7 Å². The Labute approximate surface area is 98.5 Å². The maximum absolute atomic E-state index is 5.35. The third kappa shape index (κ3) is 3.58. The molecule has 1 nitrogen and oxygen atoms in total. The largest absolute Gasteiger partial charge is 0.496 e. The average Bonchev–Trinajstić information content (AvgIpc) is 2.25. The van der Waals surface area contributed by atoms with Crippen molar-refractivity contribution >= 4 is 0 Å². The minimum atomic E-state index is 0.936. The van der Waals surface area contributed by atoms with Gasteiger partial charge in [-0.3, -0.25) is 0 Å². The second-order valence-electron chi connectivity index (χ2n) is 4.11. The fourth-order valence-electron chi connectivity index (χ4n) is 1.74. The number of allylic oxidation sites excluding steroid dienone is 2. The molecule has 0 aliphatic rings. The molecular formula is C15H20O. The monoisotopic (exact) mass is 216 g/mol. The molecule has 0 saturated carbocycles. The molecule has 1 heteroatoms. The first-order chi connectivity index (χ1) is 7.67. The number of aryl methyl sites for hydroxylation is 1. The molecule has 0 fully saturated rings. The van der Waals surface area contributed by atoms with Crippen LogP contribution in [0.2, 0.25) is 0 Å². The summed E-state index contributed by atoms with van der Waals surface area (Å²) in [5.74, 6) is 0.965. The molecule has 0 bridgehead atoms. The summed E-state index contributed by atoms with van der Waals surface area (Å²) in [7, 11) is 1.71. The van der Waals surface area contributed by atoms with Crippen LogP contribution < -0.4 is 4.74 Å². The maximum atomic E-state index is 5.35. The Hall–Kier alpha value is -1.50. The van der Waals surface area contributed by atoms with Gasteiger partial charge in [0.25, 0.3) is 0 Å². The molecule has 0 spiro atoms. The van der Waals surface area contributed by atoms with Crippen LogP contribution in [0.15, 0.2) is 43.0 Å². The number of benzene rings is 1. The Morgan fingerprint density at radius 2 is 2.19 bits per heavy atom. The maximum Gasteiger partial charge on any atom is 0.122 e. The minimum absolute atomic E-state index is 0.936. The van der Waals surface area contributed by atoms with Crippen molar-refractivity contribution in [2.45, 2.75) is 26.2 Å². The minimum Gasteiger partial charge on any atom is -0.496 e. The molecule has 0 aliphatic heterocycles. The van der Waals surface area contributed by atoms with Gasteiger partial charge >= 0.3 is 0 Å². The number of rotatable bonds is 6. The van der Waals surface area contributed by atoms with E-state index in [0.717, 1.165) is 25.0 Å². The summed E-state index contributed by atoms with van der Waals surface area (Å²) in [4.78, 5) is 0. The van der Waals surface area contributed by atoms with Gasteiger partial charge in [0.1, 0.15) is 5.75 Å². The Balaban J connectivity index is 2.91. The molecule has 86 valence electrons. The highest BCUT2D eigenvalue weighted by atomic mass is 16.5. The molecular weight excluding hydrogens is 196 g/mol. The molecule has 0 heterocycles. The number of hydrogen-bond acceptors (Lipinski definition) is 1. The molecule has 0 atom stereocenters. The summed E-state index contributed by atoms with van der Waals surface area (Å²) in [6.07, 6.45) is 4.83. The van der Waals surface area contributed by atoms with Crippen LogP contribution in [-0.2, 0) is 12.8 Å². The number of hydrogen-bond donors (Lipinski definition) is 0. The standard InChI is InChI=1S/C15H20O/c1-5-6-7-14-11-13(10-12(2)3)8-9-15(14)16-4/h5,8-9,11H,1-2,6-7,10H2,3-4H3. The molecule has 0 aromatic heterocycles. The molecule has 0 aliphatic carbocycles. The molecule has 1 aromatic rings. The fraction of sp³-hybridized carbons (Fsp3) is 0.333. The summed E-state index contributed by atoms with van der Waals surface area (Å²) in [6, 6.07) is 6.35. The van der Waals surface area contributed by atoms with Gasteiger partial charge < -0.3 is 4.74 Å². The topological polar surface area (TPSA) is 9.23 Å². The van der Waals surface area contributed by atoms with Gasteiger partial charge in [-0.2, -0.15) is 0 Å². The van der Waals surface area contributed by atoms with Crippen LogP contribution in [0.5, 0.6) is 5.75 Å². The summed E-state index contributed by atoms with van der Waals surface area (Å²) < 4.78 is 5.35. The molecule has 0 N–H and O–H groups in total. The van der Waals surface area contributed by atoms with Gasteiger partial charge in [-0.25, -0.2) is 0 Å². The van der Waals surface area contributed by atoms with Crippen molar-refractivity contribution in [1.82, 2.24) is 0 Å². The predicted molar refractivity (Wildman–Crippen MR) is 70.0 cm³/mol. The smallest absolute Gasteiger partial charge is 0.122 e. The first-order valence-corrected chi connectivity index (χ1v) is 5.58. The second-order valence-corrected chi connectivity index (χ2v) is 4.11. The van der Waals surface area contributed by atoms with Crippen LogP contribution in [-0.4, -0.2) is 7.11 Å². The highest BCUT2D eigenvalue weighted by molar-refractivity contribution is 5.38. The van der Waals surface area contributed by atoms with E-state index in [9.17, 15) is 0 Å². The molecule has 1 aromatic carbocycles. The first kappa shape index (κ1) is 12.6. The predicted octanol–water partition coefficient (Wildman–Crippen LogP) is 3.93. The molecule has 0 amide bonds. The Kier molecular flexibility index (Phi) is 4.84. The average molecular weight is 216 g/mol. The van der Waals surface area contributed by atoms with E-state index in [1.54, 1.807) is 7.11 Å². The van der Waals surface area contributed by atoms with Gasteiger partial charge in [-0.05, 0) is 43.4 Å². The lowest BCUT2D eigenvalue weighted by molar-refractivity contribution is 0.409. The van der Waals surface area contributed by atoms with E-state index in [0.29, 0.717) is 0 Å². The van der Waals surface area contributed by atoms with Gasteiger partial charge in [-0.15, -0.1) is 6.58 Å². The normalized spacial score (nSPS) is 9.88. The van der Waals surface area contributed by atoms with Crippen molar-refractivity contribution < 1.29 is 4.74 Å². The van der Waals surface area contributed by atoms with Crippen molar-refractivity contribution in [3.63, 3.8) is 0 Å². The van der Waals surface area contributed by atoms with E-state index in [-0.39, 0.29) is 0 Å².